The van der Waals surface area contributed by atoms with Crippen molar-refractivity contribution in [1.82, 2.24) is 0 Å². The van der Waals surface area contributed by atoms with Gasteiger partial charge in [0.25, 0.3) is 5.91 Å². The molecule has 6 nitrogen and oxygen atoms in total. The zero-order chi connectivity index (χ0) is 18.3. The summed E-state index contributed by atoms with van der Waals surface area (Å²) >= 11 is 0. The van der Waals surface area contributed by atoms with Crippen molar-refractivity contribution < 1.29 is 19.1 Å². The number of nitrogens with one attached hydrogen (secondary N) is 1. The summed E-state index contributed by atoms with van der Waals surface area (Å²) in [6, 6.07) is 12.9. The molecule has 2 unspecified atom stereocenters. The number of fused-ring (bicyclic) bond motifs is 2. The fraction of sp³-hybridized carbons (Fsp3) is 0.300. The van der Waals surface area contributed by atoms with E-state index in [1.807, 2.05) is 37.3 Å². The van der Waals surface area contributed by atoms with Crippen LogP contribution in [-0.4, -0.2) is 30.6 Å². The molecule has 2 atom stereocenters. The highest BCUT2D eigenvalue weighted by molar-refractivity contribution is 5.97. The van der Waals surface area contributed by atoms with Gasteiger partial charge in [0.1, 0.15) is 6.10 Å². The molecule has 134 valence electrons. The standard InChI is InChI=1S/C20H20N2O4/c1-12-19(26-18-6-4-3-5-17(18)25-12)20(24)21-15-7-8-16-14(11-15)9-10-22(16)13(2)23/h3-8,11-12,19H,9-10H2,1-2H3,(H,21,24). The van der Waals surface area contributed by atoms with Gasteiger partial charge < -0.3 is 19.7 Å². The monoisotopic (exact) mass is 352 g/mol. The van der Waals surface area contributed by atoms with Gasteiger partial charge in [0.05, 0.1) is 0 Å². The molecule has 0 aromatic heterocycles. The molecule has 2 amide bonds. The van der Waals surface area contributed by atoms with E-state index in [9.17, 15) is 9.59 Å². The van der Waals surface area contributed by atoms with Gasteiger partial charge in [-0.25, -0.2) is 0 Å². The van der Waals surface area contributed by atoms with Gasteiger partial charge in [0, 0.05) is 24.8 Å². The van der Waals surface area contributed by atoms with E-state index >= 15 is 0 Å². The number of anilines is 2. The minimum atomic E-state index is -0.730. The Kier molecular flexibility index (Phi) is 4.03. The average Bonchev–Trinajstić information content (AvgIpc) is 3.04. The summed E-state index contributed by atoms with van der Waals surface area (Å²) in [4.78, 5) is 26.1. The molecule has 2 aliphatic heterocycles. The maximum Gasteiger partial charge on any atom is 0.269 e. The fourth-order valence-electron chi connectivity index (χ4n) is 3.43. The molecule has 2 aliphatic rings. The van der Waals surface area contributed by atoms with Gasteiger partial charge >= 0.3 is 0 Å². The first kappa shape index (κ1) is 16.4. The lowest BCUT2D eigenvalue weighted by atomic mass is 10.1. The van der Waals surface area contributed by atoms with Gasteiger partial charge in [-0.3, -0.25) is 9.59 Å². The van der Waals surface area contributed by atoms with Gasteiger partial charge in [-0.1, -0.05) is 12.1 Å². The molecule has 1 N–H and O–H groups in total. The number of amides is 2. The SMILES string of the molecule is CC(=O)N1CCc2cc(NC(=O)C3Oc4ccccc4OC3C)ccc21. The Hall–Kier alpha value is -3.02. The molecule has 26 heavy (non-hydrogen) atoms. The minimum Gasteiger partial charge on any atom is -0.482 e. The topological polar surface area (TPSA) is 67.9 Å². The van der Waals surface area contributed by atoms with E-state index in [1.165, 1.54) is 0 Å². The average molecular weight is 352 g/mol. The molecule has 2 heterocycles. The Balaban J connectivity index is 1.50. The lowest BCUT2D eigenvalue weighted by Crippen LogP contribution is -2.46. The van der Waals surface area contributed by atoms with Crippen LogP contribution < -0.4 is 19.7 Å². The normalized spacial score (nSPS) is 20.5. The van der Waals surface area contributed by atoms with Gasteiger partial charge in [-0.15, -0.1) is 0 Å². The van der Waals surface area contributed by atoms with Crippen LogP contribution in [0.15, 0.2) is 42.5 Å². The Bertz CT molecular complexity index is 880. The van der Waals surface area contributed by atoms with E-state index in [0.717, 1.165) is 17.7 Å². The first-order valence-electron chi connectivity index (χ1n) is 8.67. The van der Waals surface area contributed by atoms with Crippen LogP contribution in [0, 0.1) is 0 Å². The summed E-state index contributed by atoms with van der Waals surface area (Å²) in [7, 11) is 0. The van der Waals surface area contributed by atoms with Gasteiger partial charge in [-0.05, 0) is 49.2 Å². The van der Waals surface area contributed by atoms with Crippen LogP contribution in [0.5, 0.6) is 11.5 Å². The number of para-hydroxylation sites is 2. The van der Waals surface area contributed by atoms with E-state index in [0.29, 0.717) is 23.7 Å². The van der Waals surface area contributed by atoms with Crippen molar-refractivity contribution in [2.45, 2.75) is 32.5 Å². The summed E-state index contributed by atoms with van der Waals surface area (Å²) in [6.45, 7) is 4.05. The molecule has 6 heteroatoms. The molecule has 0 saturated carbocycles. The highest BCUT2D eigenvalue weighted by Crippen LogP contribution is 2.34. The highest BCUT2D eigenvalue weighted by Gasteiger charge is 2.34. The lowest BCUT2D eigenvalue weighted by molar-refractivity contribution is -0.128. The summed E-state index contributed by atoms with van der Waals surface area (Å²) in [6.07, 6.45) is -0.342. The first-order valence-corrected chi connectivity index (χ1v) is 8.67. The number of benzene rings is 2. The van der Waals surface area contributed by atoms with Crippen LogP contribution in [0.25, 0.3) is 0 Å². The number of ether oxygens (including phenoxy) is 2. The Morgan fingerprint density at radius 2 is 1.85 bits per heavy atom. The fourth-order valence-corrected chi connectivity index (χ4v) is 3.43. The summed E-state index contributed by atoms with van der Waals surface area (Å²) in [5.41, 5.74) is 2.65. The van der Waals surface area contributed by atoms with E-state index in [2.05, 4.69) is 5.32 Å². The third-order valence-electron chi connectivity index (χ3n) is 4.72. The molecular weight excluding hydrogens is 332 g/mol. The predicted molar refractivity (Wildman–Crippen MR) is 97.8 cm³/mol. The van der Waals surface area contributed by atoms with Gasteiger partial charge in [0.15, 0.2) is 11.5 Å². The van der Waals surface area contributed by atoms with Gasteiger partial charge in [-0.2, -0.15) is 0 Å². The van der Waals surface area contributed by atoms with Crippen molar-refractivity contribution in [2.24, 2.45) is 0 Å². The van der Waals surface area contributed by atoms with Crippen LogP contribution in [0.1, 0.15) is 19.4 Å². The van der Waals surface area contributed by atoms with Gasteiger partial charge in [0.2, 0.25) is 12.0 Å². The van der Waals surface area contributed by atoms with Crippen LogP contribution >= 0.6 is 0 Å². The second kappa shape index (κ2) is 6.37. The first-order chi connectivity index (χ1) is 12.5. The second-order valence-electron chi connectivity index (χ2n) is 6.56. The van der Waals surface area contributed by atoms with Crippen LogP contribution in [0.2, 0.25) is 0 Å². The van der Waals surface area contributed by atoms with Crippen molar-refractivity contribution >= 4 is 23.2 Å². The number of nitrogens with zero attached hydrogens (tertiary/aromatic N) is 1. The smallest absolute Gasteiger partial charge is 0.269 e. The highest BCUT2D eigenvalue weighted by atomic mass is 16.6. The Morgan fingerprint density at radius 3 is 2.58 bits per heavy atom. The summed E-state index contributed by atoms with van der Waals surface area (Å²) in [5.74, 6) is 0.983. The van der Waals surface area contributed by atoms with Crippen LogP contribution in [0.3, 0.4) is 0 Å². The zero-order valence-corrected chi connectivity index (χ0v) is 14.7. The molecule has 0 bridgehead atoms. The number of hydrogen-bond acceptors (Lipinski definition) is 4. The van der Waals surface area contributed by atoms with Crippen LogP contribution in [-0.2, 0) is 16.0 Å². The number of hydrogen-bond donors (Lipinski definition) is 1. The molecule has 0 radical (unpaired) electrons. The molecule has 2 aromatic carbocycles. The van der Waals surface area contributed by atoms with Crippen molar-refractivity contribution in [3.8, 4) is 11.5 Å². The minimum absolute atomic E-state index is 0.0285. The van der Waals surface area contributed by atoms with E-state index < -0.39 is 12.2 Å². The number of carbonyl (C=O) groups excluding carboxylic acids is 2. The van der Waals surface area contributed by atoms with Crippen molar-refractivity contribution in [1.29, 1.82) is 0 Å². The second-order valence-corrected chi connectivity index (χ2v) is 6.56. The largest absolute Gasteiger partial charge is 0.482 e. The van der Waals surface area contributed by atoms with Crippen molar-refractivity contribution in [3.63, 3.8) is 0 Å². The molecule has 0 saturated heterocycles. The zero-order valence-electron chi connectivity index (χ0n) is 14.7. The number of rotatable bonds is 2. The molecule has 4 rings (SSSR count). The Morgan fingerprint density at radius 1 is 1.12 bits per heavy atom. The number of carbonyl (C=O) groups is 2. The maximum absolute atomic E-state index is 12.7. The molecular formula is C20H20N2O4. The van der Waals surface area contributed by atoms with E-state index in [4.69, 9.17) is 9.47 Å². The van der Waals surface area contributed by atoms with E-state index in [1.54, 1.807) is 24.0 Å². The van der Waals surface area contributed by atoms with E-state index in [-0.39, 0.29) is 11.8 Å². The molecule has 0 fully saturated rings. The molecule has 2 aromatic rings. The van der Waals surface area contributed by atoms with Crippen molar-refractivity contribution in [3.05, 3.63) is 48.0 Å². The van der Waals surface area contributed by atoms with Crippen molar-refractivity contribution in [2.75, 3.05) is 16.8 Å². The Labute approximate surface area is 151 Å². The quantitative estimate of drug-likeness (QED) is 0.902. The molecule has 0 aliphatic carbocycles. The predicted octanol–water partition coefficient (Wildman–Crippen LogP) is 2.76. The molecule has 0 spiro atoms. The summed E-state index contributed by atoms with van der Waals surface area (Å²) in [5, 5.41) is 2.90. The summed E-state index contributed by atoms with van der Waals surface area (Å²) < 4.78 is 11.6. The van der Waals surface area contributed by atoms with Crippen LogP contribution in [0.4, 0.5) is 11.4 Å². The maximum atomic E-state index is 12.7. The third kappa shape index (κ3) is 2.87. The third-order valence-corrected chi connectivity index (χ3v) is 4.72. The lowest BCUT2D eigenvalue weighted by Gasteiger charge is -2.31.